The first-order chi connectivity index (χ1) is 14.2. The lowest BCUT2D eigenvalue weighted by Crippen LogP contribution is -2.19. The van der Waals surface area contributed by atoms with Crippen molar-refractivity contribution < 1.29 is 24.0 Å². The predicted molar refractivity (Wildman–Crippen MR) is 117 cm³/mol. The van der Waals surface area contributed by atoms with E-state index >= 15 is 0 Å². The number of oxime groups is 1. The molecule has 30 heavy (non-hydrogen) atoms. The monoisotopic (exact) mass is 431 g/mol. The van der Waals surface area contributed by atoms with Crippen molar-refractivity contribution in [2.75, 3.05) is 23.8 Å². The molecule has 0 aliphatic heterocycles. The normalized spacial score (nSPS) is 11.0. The standard InChI is InChI=1S/C21H25N3O5S/c1-6-28-21(27)19-12(2)14(4)30-20(19)23-18(26)11-29-24-13(3)16-7-9-17(10-8-16)22-15(5)25/h7-10H,6,11H2,1-5H3,(H,22,25)(H,23,26)/b24-13+. The molecule has 2 aromatic rings. The number of esters is 1. The van der Waals surface area contributed by atoms with E-state index in [1.807, 2.05) is 13.8 Å². The summed E-state index contributed by atoms with van der Waals surface area (Å²) < 4.78 is 5.08. The number of benzene rings is 1. The van der Waals surface area contributed by atoms with Crippen molar-refractivity contribution in [3.05, 3.63) is 45.8 Å². The topological polar surface area (TPSA) is 106 Å². The Kier molecular flexibility index (Phi) is 8.11. The zero-order valence-corrected chi connectivity index (χ0v) is 18.4. The molecule has 1 aromatic carbocycles. The first kappa shape index (κ1) is 23.1. The van der Waals surface area contributed by atoms with Crippen LogP contribution in [0, 0.1) is 13.8 Å². The minimum absolute atomic E-state index is 0.148. The number of amides is 2. The van der Waals surface area contributed by atoms with Crippen molar-refractivity contribution in [2.24, 2.45) is 5.16 Å². The Bertz CT molecular complexity index is 964. The van der Waals surface area contributed by atoms with Crippen LogP contribution in [0.2, 0.25) is 0 Å². The minimum Gasteiger partial charge on any atom is -0.462 e. The number of anilines is 2. The van der Waals surface area contributed by atoms with Crippen LogP contribution in [0.25, 0.3) is 0 Å². The van der Waals surface area contributed by atoms with E-state index < -0.39 is 11.9 Å². The second kappa shape index (κ2) is 10.5. The van der Waals surface area contributed by atoms with Crippen LogP contribution < -0.4 is 10.6 Å². The van der Waals surface area contributed by atoms with Gasteiger partial charge in [0.15, 0.2) is 6.61 Å². The number of hydrogen-bond acceptors (Lipinski definition) is 7. The Labute approximate surface area is 179 Å². The maximum Gasteiger partial charge on any atom is 0.341 e. The number of ether oxygens (including phenoxy) is 1. The fraction of sp³-hybridized carbons (Fsp3) is 0.333. The van der Waals surface area contributed by atoms with Gasteiger partial charge in [0.05, 0.1) is 17.9 Å². The van der Waals surface area contributed by atoms with Crippen LogP contribution >= 0.6 is 11.3 Å². The summed E-state index contributed by atoms with van der Waals surface area (Å²) in [6, 6.07) is 7.08. The molecular weight excluding hydrogens is 406 g/mol. The van der Waals surface area contributed by atoms with Crippen molar-refractivity contribution >= 4 is 45.5 Å². The molecule has 0 saturated heterocycles. The summed E-state index contributed by atoms with van der Waals surface area (Å²) in [6.45, 7) is 8.55. The molecule has 0 unspecified atom stereocenters. The Hall–Kier alpha value is -3.20. The Morgan fingerprint density at radius 3 is 2.33 bits per heavy atom. The van der Waals surface area contributed by atoms with Gasteiger partial charge < -0.3 is 20.2 Å². The first-order valence-corrected chi connectivity index (χ1v) is 10.2. The lowest BCUT2D eigenvalue weighted by Gasteiger charge is -2.07. The number of carbonyl (C=O) groups is 3. The molecule has 0 aliphatic rings. The van der Waals surface area contributed by atoms with E-state index in [0.29, 0.717) is 22.0 Å². The Morgan fingerprint density at radius 2 is 1.73 bits per heavy atom. The Balaban J connectivity index is 1.97. The van der Waals surface area contributed by atoms with Crippen LogP contribution in [0.4, 0.5) is 10.7 Å². The molecule has 0 saturated carbocycles. The maximum atomic E-state index is 12.2. The van der Waals surface area contributed by atoms with Gasteiger partial charge in [0, 0.05) is 17.5 Å². The van der Waals surface area contributed by atoms with Crippen LogP contribution in [0.1, 0.15) is 47.1 Å². The molecule has 2 rings (SSSR count). The number of nitrogens with zero attached hydrogens (tertiary/aromatic N) is 1. The van der Waals surface area contributed by atoms with Gasteiger partial charge in [-0.3, -0.25) is 9.59 Å². The van der Waals surface area contributed by atoms with Gasteiger partial charge >= 0.3 is 5.97 Å². The molecule has 0 aliphatic carbocycles. The molecule has 9 heteroatoms. The predicted octanol–water partition coefficient (Wildman–Crippen LogP) is 3.88. The molecule has 1 aromatic heterocycles. The zero-order chi connectivity index (χ0) is 22.3. The molecule has 0 atom stereocenters. The van der Waals surface area contributed by atoms with E-state index in [-0.39, 0.29) is 19.1 Å². The molecule has 0 radical (unpaired) electrons. The van der Waals surface area contributed by atoms with Crippen LogP contribution in [-0.4, -0.2) is 36.7 Å². The summed E-state index contributed by atoms with van der Waals surface area (Å²) in [7, 11) is 0. The molecule has 0 spiro atoms. The van der Waals surface area contributed by atoms with Crippen molar-refractivity contribution in [3.63, 3.8) is 0 Å². The van der Waals surface area contributed by atoms with E-state index in [0.717, 1.165) is 16.0 Å². The summed E-state index contributed by atoms with van der Waals surface area (Å²) >= 11 is 1.31. The van der Waals surface area contributed by atoms with E-state index in [1.165, 1.54) is 18.3 Å². The molecular formula is C21H25N3O5S. The fourth-order valence-electron chi connectivity index (χ4n) is 2.57. The third kappa shape index (κ3) is 6.15. The number of carbonyl (C=O) groups excluding carboxylic acids is 3. The summed E-state index contributed by atoms with van der Waals surface area (Å²) in [4.78, 5) is 41.6. The third-order valence-corrected chi connectivity index (χ3v) is 5.26. The number of aryl methyl sites for hydroxylation is 1. The highest BCUT2D eigenvalue weighted by Crippen LogP contribution is 2.33. The lowest BCUT2D eigenvalue weighted by molar-refractivity contribution is -0.120. The average Bonchev–Trinajstić information content (AvgIpc) is 2.95. The maximum absolute atomic E-state index is 12.2. The van der Waals surface area contributed by atoms with Crippen LogP contribution in [-0.2, 0) is 19.2 Å². The molecule has 8 nitrogen and oxygen atoms in total. The van der Waals surface area contributed by atoms with Gasteiger partial charge in [-0.05, 0) is 51.0 Å². The Morgan fingerprint density at radius 1 is 1.07 bits per heavy atom. The van der Waals surface area contributed by atoms with Crippen molar-refractivity contribution in [1.82, 2.24) is 0 Å². The second-order valence-electron chi connectivity index (χ2n) is 6.46. The van der Waals surface area contributed by atoms with Crippen molar-refractivity contribution in [1.29, 1.82) is 0 Å². The van der Waals surface area contributed by atoms with Gasteiger partial charge in [-0.25, -0.2) is 4.79 Å². The van der Waals surface area contributed by atoms with Gasteiger partial charge in [-0.15, -0.1) is 11.3 Å². The fourth-order valence-corrected chi connectivity index (χ4v) is 3.63. The highest BCUT2D eigenvalue weighted by atomic mass is 32.1. The van der Waals surface area contributed by atoms with Crippen LogP contribution in [0.15, 0.2) is 29.4 Å². The summed E-state index contributed by atoms with van der Waals surface area (Å²) in [6.07, 6.45) is 0. The molecule has 2 N–H and O–H groups in total. The molecule has 0 bridgehead atoms. The summed E-state index contributed by atoms with van der Waals surface area (Å²) in [5, 5.41) is 9.77. The van der Waals surface area contributed by atoms with Gasteiger partial charge in [0.1, 0.15) is 5.00 Å². The number of hydrogen-bond donors (Lipinski definition) is 2. The van der Waals surface area contributed by atoms with Crippen molar-refractivity contribution in [2.45, 2.75) is 34.6 Å². The van der Waals surface area contributed by atoms with E-state index in [2.05, 4.69) is 15.8 Å². The minimum atomic E-state index is -0.466. The molecule has 160 valence electrons. The average molecular weight is 432 g/mol. The number of thiophene rings is 1. The van der Waals surface area contributed by atoms with Gasteiger partial charge in [0.2, 0.25) is 5.91 Å². The van der Waals surface area contributed by atoms with Gasteiger partial charge in [-0.1, -0.05) is 17.3 Å². The molecule has 1 heterocycles. The van der Waals surface area contributed by atoms with E-state index in [4.69, 9.17) is 9.57 Å². The second-order valence-corrected chi connectivity index (χ2v) is 7.69. The smallest absolute Gasteiger partial charge is 0.341 e. The summed E-state index contributed by atoms with van der Waals surface area (Å²) in [5.74, 6) is -1.05. The summed E-state index contributed by atoms with van der Waals surface area (Å²) in [5.41, 5.74) is 3.20. The lowest BCUT2D eigenvalue weighted by atomic mass is 10.1. The zero-order valence-electron chi connectivity index (χ0n) is 17.6. The SMILES string of the molecule is CCOC(=O)c1c(NC(=O)CO/N=C(\C)c2ccc(NC(C)=O)cc2)sc(C)c1C. The van der Waals surface area contributed by atoms with Gasteiger partial charge in [-0.2, -0.15) is 0 Å². The number of nitrogens with one attached hydrogen (secondary N) is 2. The van der Waals surface area contributed by atoms with Crippen LogP contribution in [0.5, 0.6) is 0 Å². The van der Waals surface area contributed by atoms with Crippen molar-refractivity contribution in [3.8, 4) is 0 Å². The quantitative estimate of drug-likeness (QED) is 0.375. The molecule has 0 fully saturated rings. The van der Waals surface area contributed by atoms with E-state index in [1.54, 1.807) is 38.1 Å². The molecule has 2 amide bonds. The highest BCUT2D eigenvalue weighted by molar-refractivity contribution is 7.16. The van der Waals surface area contributed by atoms with Crippen LogP contribution in [0.3, 0.4) is 0 Å². The highest BCUT2D eigenvalue weighted by Gasteiger charge is 2.22. The largest absolute Gasteiger partial charge is 0.462 e. The number of rotatable bonds is 8. The third-order valence-electron chi connectivity index (χ3n) is 4.14. The first-order valence-electron chi connectivity index (χ1n) is 9.34. The van der Waals surface area contributed by atoms with E-state index in [9.17, 15) is 14.4 Å². The van der Waals surface area contributed by atoms with Gasteiger partial charge in [0.25, 0.3) is 5.91 Å².